The molecule has 92 valence electrons. The molecule has 1 aromatic carbocycles. The zero-order valence-electron chi connectivity index (χ0n) is 10.3. The van der Waals surface area contributed by atoms with Crippen molar-refractivity contribution in [1.82, 2.24) is 0 Å². The Labute approximate surface area is 101 Å². The van der Waals surface area contributed by atoms with Gasteiger partial charge < -0.3 is 9.84 Å². The SMILES string of the molecule is CC(C)(CC(=O)O)c1ccc(OC2CC2)cc1. The molecular weight excluding hydrogens is 216 g/mol. The van der Waals surface area contributed by atoms with E-state index in [9.17, 15) is 4.79 Å². The number of aliphatic carboxylic acids is 1. The Morgan fingerprint density at radius 2 is 1.94 bits per heavy atom. The maximum atomic E-state index is 10.8. The summed E-state index contributed by atoms with van der Waals surface area (Å²) >= 11 is 0. The summed E-state index contributed by atoms with van der Waals surface area (Å²) in [6.45, 7) is 3.88. The minimum absolute atomic E-state index is 0.135. The van der Waals surface area contributed by atoms with Crippen molar-refractivity contribution in [2.45, 2.75) is 44.6 Å². The first-order valence-corrected chi connectivity index (χ1v) is 5.96. The van der Waals surface area contributed by atoms with Gasteiger partial charge in [0.25, 0.3) is 0 Å². The van der Waals surface area contributed by atoms with Crippen molar-refractivity contribution in [3.63, 3.8) is 0 Å². The van der Waals surface area contributed by atoms with E-state index in [1.54, 1.807) is 0 Å². The van der Waals surface area contributed by atoms with Crippen molar-refractivity contribution in [3.8, 4) is 5.75 Å². The first kappa shape index (κ1) is 12.0. The first-order valence-electron chi connectivity index (χ1n) is 5.96. The fourth-order valence-corrected chi connectivity index (χ4v) is 1.84. The van der Waals surface area contributed by atoms with Gasteiger partial charge >= 0.3 is 5.97 Å². The van der Waals surface area contributed by atoms with E-state index in [0.29, 0.717) is 6.10 Å². The standard InChI is InChI=1S/C14H18O3/c1-14(2,9-13(15)16)10-3-5-11(6-4-10)17-12-7-8-12/h3-6,12H,7-9H2,1-2H3,(H,15,16). The van der Waals surface area contributed by atoms with E-state index in [2.05, 4.69) is 0 Å². The molecule has 1 aromatic rings. The van der Waals surface area contributed by atoms with Gasteiger partial charge in [-0.1, -0.05) is 26.0 Å². The van der Waals surface area contributed by atoms with E-state index in [1.807, 2.05) is 38.1 Å². The van der Waals surface area contributed by atoms with Crippen LogP contribution in [0.4, 0.5) is 0 Å². The van der Waals surface area contributed by atoms with Crippen LogP contribution in [0.2, 0.25) is 0 Å². The van der Waals surface area contributed by atoms with E-state index in [-0.39, 0.29) is 11.8 Å². The summed E-state index contributed by atoms with van der Waals surface area (Å²) in [6.07, 6.45) is 2.82. The molecule has 3 heteroatoms. The Morgan fingerprint density at radius 1 is 1.35 bits per heavy atom. The summed E-state index contributed by atoms with van der Waals surface area (Å²) in [5, 5.41) is 8.87. The molecule has 0 radical (unpaired) electrons. The van der Waals surface area contributed by atoms with Crippen molar-refractivity contribution < 1.29 is 14.6 Å². The van der Waals surface area contributed by atoms with E-state index in [0.717, 1.165) is 24.2 Å². The topological polar surface area (TPSA) is 46.5 Å². The van der Waals surface area contributed by atoms with Gasteiger partial charge in [-0.3, -0.25) is 4.79 Å². The van der Waals surface area contributed by atoms with Gasteiger partial charge in [-0.2, -0.15) is 0 Å². The predicted octanol–water partition coefficient (Wildman–Crippen LogP) is 2.98. The highest BCUT2D eigenvalue weighted by molar-refractivity contribution is 5.68. The Kier molecular flexibility index (Phi) is 3.09. The highest BCUT2D eigenvalue weighted by Crippen LogP contribution is 2.31. The molecule has 0 heterocycles. The number of carboxylic acids is 1. The monoisotopic (exact) mass is 234 g/mol. The molecule has 1 fully saturated rings. The fraction of sp³-hybridized carbons (Fsp3) is 0.500. The third-order valence-corrected chi connectivity index (χ3v) is 3.06. The van der Waals surface area contributed by atoms with Crippen molar-refractivity contribution >= 4 is 5.97 Å². The van der Waals surface area contributed by atoms with Crippen molar-refractivity contribution in [2.24, 2.45) is 0 Å². The zero-order chi connectivity index (χ0) is 12.5. The Hall–Kier alpha value is -1.51. The molecule has 0 unspecified atom stereocenters. The minimum atomic E-state index is -0.770. The molecular formula is C14H18O3. The molecule has 2 rings (SSSR count). The van der Waals surface area contributed by atoms with Gasteiger partial charge in [0.05, 0.1) is 12.5 Å². The van der Waals surface area contributed by atoms with Gasteiger partial charge in [-0.15, -0.1) is 0 Å². The van der Waals surface area contributed by atoms with Crippen molar-refractivity contribution in [1.29, 1.82) is 0 Å². The van der Waals surface area contributed by atoms with Crippen molar-refractivity contribution in [3.05, 3.63) is 29.8 Å². The third kappa shape index (κ3) is 3.22. The number of carboxylic acid groups (broad SMARTS) is 1. The predicted molar refractivity (Wildman–Crippen MR) is 65.4 cm³/mol. The largest absolute Gasteiger partial charge is 0.490 e. The average molecular weight is 234 g/mol. The summed E-state index contributed by atoms with van der Waals surface area (Å²) in [4.78, 5) is 10.8. The molecule has 0 saturated heterocycles. The maximum absolute atomic E-state index is 10.8. The van der Waals surface area contributed by atoms with E-state index < -0.39 is 5.97 Å². The lowest BCUT2D eigenvalue weighted by atomic mass is 9.82. The van der Waals surface area contributed by atoms with Crippen LogP contribution in [0.1, 0.15) is 38.7 Å². The lowest BCUT2D eigenvalue weighted by Gasteiger charge is -2.23. The van der Waals surface area contributed by atoms with Crippen LogP contribution in [-0.2, 0) is 10.2 Å². The number of benzene rings is 1. The number of hydrogen-bond donors (Lipinski definition) is 1. The van der Waals surface area contributed by atoms with E-state index in [4.69, 9.17) is 9.84 Å². The minimum Gasteiger partial charge on any atom is -0.490 e. The smallest absolute Gasteiger partial charge is 0.304 e. The molecule has 0 spiro atoms. The number of rotatable bonds is 5. The quantitative estimate of drug-likeness (QED) is 0.852. The van der Waals surface area contributed by atoms with Crippen LogP contribution < -0.4 is 4.74 Å². The highest BCUT2D eigenvalue weighted by Gasteiger charge is 2.25. The molecule has 1 aliphatic carbocycles. The molecule has 3 nitrogen and oxygen atoms in total. The maximum Gasteiger partial charge on any atom is 0.304 e. The molecule has 0 aromatic heterocycles. The lowest BCUT2D eigenvalue weighted by molar-refractivity contribution is -0.138. The number of carbonyl (C=O) groups is 1. The Balaban J connectivity index is 2.07. The second-order valence-electron chi connectivity index (χ2n) is 5.30. The Bertz CT molecular complexity index is 402. The van der Waals surface area contributed by atoms with Crippen LogP contribution in [0.5, 0.6) is 5.75 Å². The van der Waals surface area contributed by atoms with Crippen LogP contribution in [0, 0.1) is 0 Å². The average Bonchev–Trinajstić information content (AvgIpc) is 3.00. The van der Waals surface area contributed by atoms with Gasteiger partial charge in [-0.05, 0) is 30.5 Å². The molecule has 0 amide bonds. The number of ether oxygens (including phenoxy) is 1. The van der Waals surface area contributed by atoms with Crippen LogP contribution in [0.25, 0.3) is 0 Å². The third-order valence-electron chi connectivity index (χ3n) is 3.06. The second-order valence-corrected chi connectivity index (χ2v) is 5.30. The second kappa shape index (κ2) is 4.40. The molecule has 1 N–H and O–H groups in total. The summed E-state index contributed by atoms with van der Waals surface area (Å²) in [5.74, 6) is 0.107. The summed E-state index contributed by atoms with van der Waals surface area (Å²) in [5.41, 5.74) is 0.687. The highest BCUT2D eigenvalue weighted by atomic mass is 16.5. The van der Waals surface area contributed by atoms with E-state index >= 15 is 0 Å². The van der Waals surface area contributed by atoms with Gasteiger partial charge in [0, 0.05) is 5.41 Å². The lowest BCUT2D eigenvalue weighted by Crippen LogP contribution is -2.21. The van der Waals surface area contributed by atoms with Gasteiger partial charge in [0.1, 0.15) is 5.75 Å². The molecule has 0 aliphatic heterocycles. The molecule has 17 heavy (non-hydrogen) atoms. The van der Waals surface area contributed by atoms with Crippen LogP contribution in [-0.4, -0.2) is 17.2 Å². The fourth-order valence-electron chi connectivity index (χ4n) is 1.84. The van der Waals surface area contributed by atoms with Gasteiger partial charge in [0.15, 0.2) is 0 Å². The molecule has 0 bridgehead atoms. The van der Waals surface area contributed by atoms with Crippen LogP contribution in [0.15, 0.2) is 24.3 Å². The van der Waals surface area contributed by atoms with Crippen LogP contribution in [0.3, 0.4) is 0 Å². The molecule has 1 saturated carbocycles. The number of hydrogen-bond acceptors (Lipinski definition) is 2. The zero-order valence-corrected chi connectivity index (χ0v) is 10.3. The summed E-state index contributed by atoms with van der Waals surface area (Å²) in [6, 6.07) is 7.77. The first-order chi connectivity index (χ1) is 7.97. The molecule has 1 aliphatic rings. The van der Waals surface area contributed by atoms with Gasteiger partial charge in [0.2, 0.25) is 0 Å². The van der Waals surface area contributed by atoms with Crippen molar-refractivity contribution in [2.75, 3.05) is 0 Å². The van der Waals surface area contributed by atoms with Crippen LogP contribution >= 0.6 is 0 Å². The van der Waals surface area contributed by atoms with E-state index in [1.165, 1.54) is 0 Å². The normalized spacial score (nSPS) is 15.6. The molecule has 0 atom stereocenters. The summed E-state index contributed by atoms with van der Waals surface area (Å²) in [7, 11) is 0. The van der Waals surface area contributed by atoms with Gasteiger partial charge in [-0.25, -0.2) is 0 Å². The Morgan fingerprint density at radius 3 is 2.41 bits per heavy atom. The summed E-state index contributed by atoms with van der Waals surface area (Å²) < 4.78 is 5.66.